The number of nitrogens with one attached hydrogen (secondary N) is 1. The maximum atomic E-state index is 3.69. The first-order valence-electron chi connectivity index (χ1n) is 7.74. The van der Waals surface area contributed by atoms with E-state index in [1.807, 2.05) is 0 Å². The molecule has 1 aliphatic heterocycles. The quantitative estimate of drug-likeness (QED) is 0.828. The van der Waals surface area contributed by atoms with Crippen LogP contribution in [0, 0.1) is 13.8 Å². The van der Waals surface area contributed by atoms with Crippen LogP contribution in [0.3, 0.4) is 0 Å². The molecule has 0 aromatic heterocycles. The van der Waals surface area contributed by atoms with Gasteiger partial charge in [0.1, 0.15) is 0 Å². The third-order valence-electron chi connectivity index (χ3n) is 4.22. The maximum Gasteiger partial charge on any atom is 0.0345 e. The smallest absolute Gasteiger partial charge is 0.0345 e. The Morgan fingerprint density at radius 2 is 1.90 bits per heavy atom. The van der Waals surface area contributed by atoms with Crippen LogP contribution in [0.1, 0.15) is 37.8 Å². The molecule has 1 heterocycles. The highest BCUT2D eigenvalue weighted by molar-refractivity contribution is 5.48. The van der Waals surface area contributed by atoms with Crippen molar-refractivity contribution in [1.29, 1.82) is 0 Å². The Morgan fingerprint density at radius 3 is 2.50 bits per heavy atom. The number of nitrogens with zero attached hydrogens (tertiary/aromatic N) is 1. The van der Waals surface area contributed by atoms with Gasteiger partial charge in [0, 0.05) is 31.4 Å². The second-order valence-corrected chi connectivity index (χ2v) is 6.30. The zero-order chi connectivity index (χ0) is 14.5. The molecule has 0 aliphatic carbocycles. The molecule has 110 valence electrons. The molecule has 0 saturated carbocycles. The van der Waals surface area contributed by atoms with Crippen molar-refractivity contribution in [2.24, 2.45) is 0 Å². The molecule has 1 saturated heterocycles. The van der Waals surface area contributed by atoms with E-state index in [1.165, 1.54) is 48.3 Å². The lowest BCUT2D eigenvalue weighted by Gasteiger charge is -2.32. The summed E-state index contributed by atoms with van der Waals surface area (Å²) in [5.74, 6) is 0. The number of benzene rings is 1. The van der Waals surface area contributed by atoms with Crippen molar-refractivity contribution >= 4 is 5.69 Å². The minimum Gasteiger partial charge on any atom is -0.382 e. The summed E-state index contributed by atoms with van der Waals surface area (Å²) in [5, 5.41) is 3.69. The number of allylic oxidation sites excluding steroid dienone is 1. The van der Waals surface area contributed by atoms with Crippen LogP contribution in [0.15, 0.2) is 29.8 Å². The molecule has 0 amide bonds. The van der Waals surface area contributed by atoms with Crippen LogP contribution in [0.2, 0.25) is 0 Å². The molecule has 1 fully saturated rings. The molecule has 0 radical (unpaired) electrons. The number of rotatable bonds is 4. The zero-order valence-electron chi connectivity index (χ0n) is 13.4. The van der Waals surface area contributed by atoms with Gasteiger partial charge in [0.2, 0.25) is 0 Å². The second-order valence-electron chi connectivity index (χ2n) is 6.30. The van der Waals surface area contributed by atoms with E-state index < -0.39 is 0 Å². The van der Waals surface area contributed by atoms with E-state index in [1.54, 1.807) is 0 Å². The SMILES string of the molecule is CC(C)=CCN1CCC(Nc2ccc(C)c(C)c2)CC1. The topological polar surface area (TPSA) is 15.3 Å². The summed E-state index contributed by atoms with van der Waals surface area (Å²) < 4.78 is 0. The monoisotopic (exact) mass is 272 g/mol. The van der Waals surface area contributed by atoms with E-state index in [-0.39, 0.29) is 0 Å². The van der Waals surface area contributed by atoms with Crippen LogP contribution in [0.25, 0.3) is 0 Å². The first kappa shape index (κ1) is 15.1. The number of anilines is 1. The van der Waals surface area contributed by atoms with Crippen molar-refractivity contribution in [2.45, 2.75) is 46.6 Å². The molecule has 0 atom stereocenters. The number of likely N-dealkylation sites (tertiary alicyclic amines) is 1. The number of hydrogen-bond acceptors (Lipinski definition) is 2. The van der Waals surface area contributed by atoms with Crippen molar-refractivity contribution in [3.05, 3.63) is 41.0 Å². The third-order valence-corrected chi connectivity index (χ3v) is 4.22. The normalized spacial score (nSPS) is 17.0. The molecule has 1 aromatic carbocycles. The number of hydrogen-bond donors (Lipinski definition) is 1. The molecule has 2 nitrogen and oxygen atoms in total. The highest BCUT2D eigenvalue weighted by Gasteiger charge is 2.18. The lowest BCUT2D eigenvalue weighted by molar-refractivity contribution is 0.240. The van der Waals surface area contributed by atoms with Gasteiger partial charge in [-0.2, -0.15) is 0 Å². The fourth-order valence-electron chi connectivity index (χ4n) is 2.64. The second kappa shape index (κ2) is 6.94. The van der Waals surface area contributed by atoms with E-state index >= 15 is 0 Å². The van der Waals surface area contributed by atoms with Crippen molar-refractivity contribution in [2.75, 3.05) is 25.0 Å². The zero-order valence-corrected chi connectivity index (χ0v) is 13.4. The Kier molecular flexibility index (Phi) is 5.24. The lowest BCUT2D eigenvalue weighted by atomic mass is 10.0. The van der Waals surface area contributed by atoms with Gasteiger partial charge in [-0.15, -0.1) is 0 Å². The summed E-state index contributed by atoms with van der Waals surface area (Å²) in [6.45, 7) is 12.2. The summed E-state index contributed by atoms with van der Waals surface area (Å²) >= 11 is 0. The Morgan fingerprint density at radius 1 is 1.20 bits per heavy atom. The van der Waals surface area contributed by atoms with Crippen molar-refractivity contribution < 1.29 is 0 Å². The largest absolute Gasteiger partial charge is 0.382 e. The van der Waals surface area contributed by atoms with Gasteiger partial charge in [0.25, 0.3) is 0 Å². The Bertz CT molecular complexity index is 464. The minimum atomic E-state index is 0.625. The van der Waals surface area contributed by atoms with Crippen LogP contribution >= 0.6 is 0 Å². The molecule has 0 spiro atoms. The van der Waals surface area contributed by atoms with E-state index in [0.717, 1.165) is 6.54 Å². The van der Waals surface area contributed by atoms with Gasteiger partial charge in [0.05, 0.1) is 0 Å². The molecule has 20 heavy (non-hydrogen) atoms. The molecule has 0 unspecified atom stereocenters. The third kappa shape index (κ3) is 4.38. The average molecular weight is 272 g/mol. The first-order valence-corrected chi connectivity index (χ1v) is 7.74. The van der Waals surface area contributed by atoms with Gasteiger partial charge in [0.15, 0.2) is 0 Å². The molecule has 1 N–H and O–H groups in total. The van der Waals surface area contributed by atoms with Crippen molar-refractivity contribution in [3.8, 4) is 0 Å². The van der Waals surface area contributed by atoms with Gasteiger partial charge < -0.3 is 5.32 Å². The first-order chi connectivity index (χ1) is 9.54. The van der Waals surface area contributed by atoms with Gasteiger partial charge >= 0.3 is 0 Å². The Balaban J connectivity index is 1.82. The Labute approximate surface area is 123 Å². The fourth-order valence-corrected chi connectivity index (χ4v) is 2.64. The number of aryl methyl sites for hydroxylation is 2. The molecule has 2 rings (SSSR count). The van der Waals surface area contributed by atoms with Crippen LogP contribution in [-0.2, 0) is 0 Å². The summed E-state index contributed by atoms with van der Waals surface area (Å²) in [5.41, 5.74) is 5.43. The highest BCUT2D eigenvalue weighted by Crippen LogP contribution is 2.19. The summed E-state index contributed by atoms with van der Waals surface area (Å²) in [4.78, 5) is 2.55. The van der Waals surface area contributed by atoms with E-state index in [4.69, 9.17) is 0 Å². The molecule has 2 heteroatoms. The molecule has 1 aromatic rings. The molecular weight excluding hydrogens is 244 g/mol. The lowest BCUT2D eigenvalue weighted by Crippen LogP contribution is -2.39. The van der Waals surface area contributed by atoms with E-state index in [2.05, 4.69) is 62.2 Å². The summed E-state index contributed by atoms with van der Waals surface area (Å²) in [6.07, 6.45) is 4.81. The van der Waals surface area contributed by atoms with Crippen LogP contribution in [0.5, 0.6) is 0 Å². The minimum absolute atomic E-state index is 0.625. The van der Waals surface area contributed by atoms with Crippen LogP contribution in [-0.4, -0.2) is 30.6 Å². The van der Waals surface area contributed by atoms with Gasteiger partial charge in [-0.25, -0.2) is 0 Å². The van der Waals surface area contributed by atoms with Gasteiger partial charge in [-0.1, -0.05) is 17.7 Å². The highest BCUT2D eigenvalue weighted by atomic mass is 15.1. The molecule has 0 bridgehead atoms. The summed E-state index contributed by atoms with van der Waals surface area (Å²) in [6, 6.07) is 7.31. The molecular formula is C18H28N2. The van der Waals surface area contributed by atoms with Crippen molar-refractivity contribution in [1.82, 2.24) is 4.90 Å². The predicted molar refractivity (Wildman–Crippen MR) is 88.4 cm³/mol. The van der Waals surface area contributed by atoms with Crippen LogP contribution < -0.4 is 5.32 Å². The fraction of sp³-hybridized carbons (Fsp3) is 0.556. The predicted octanol–water partition coefficient (Wildman–Crippen LogP) is 4.15. The number of piperidine rings is 1. The van der Waals surface area contributed by atoms with Crippen molar-refractivity contribution in [3.63, 3.8) is 0 Å². The average Bonchev–Trinajstić information content (AvgIpc) is 2.42. The summed E-state index contributed by atoms with van der Waals surface area (Å²) in [7, 11) is 0. The molecule has 1 aliphatic rings. The van der Waals surface area contributed by atoms with E-state index in [9.17, 15) is 0 Å². The van der Waals surface area contributed by atoms with E-state index in [0.29, 0.717) is 6.04 Å². The van der Waals surface area contributed by atoms with Gasteiger partial charge in [-0.05, 0) is 63.8 Å². The Hall–Kier alpha value is -1.28. The van der Waals surface area contributed by atoms with Crippen LogP contribution in [0.4, 0.5) is 5.69 Å². The standard InChI is InChI=1S/C18H28N2/c1-14(2)7-10-20-11-8-17(9-12-20)19-18-6-5-15(3)16(4)13-18/h5-7,13,17,19H,8-12H2,1-4H3. The van der Waals surface area contributed by atoms with Gasteiger partial charge in [-0.3, -0.25) is 4.90 Å². The maximum absolute atomic E-state index is 3.69.